The number of amides is 1. The molecule has 0 saturated heterocycles. The normalized spacial score (nSPS) is 8.70. The third-order valence-corrected chi connectivity index (χ3v) is 6.70. The summed E-state index contributed by atoms with van der Waals surface area (Å²) in [6.07, 6.45) is 3.70. The number of carbonyl (C=O) groups is 2. The Balaban J connectivity index is 0.000000312. The molecule has 228 valence electrons. The minimum Gasteiger partial charge on any atom is -0.455 e. The van der Waals surface area contributed by atoms with Crippen molar-refractivity contribution in [1.82, 2.24) is 14.0 Å². The molecule has 5 aromatic rings. The van der Waals surface area contributed by atoms with Crippen LogP contribution in [0.25, 0.3) is 26.8 Å². The van der Waals surface area contributed by atoms with Crippen LogP contribution in [0.3, 0.4) is 0 Å². The molecule has 3 aromatic heterocycles. The highest BCUT2D eigenvalue weighted by Gasteiger charge is 2.13. The second-order valence-electron chi connectivity index (χ2n) is 8.91. The molecule has 2 aromatic carbocycles. The standard InChI is InChI=1S/C23H20N4O3S.2C8H4/c1-2-27-19-6-4-3-5-17(19)18-11-15(7-8-20(18)27)24-21(28)14-30-22(29)12-16-13-26-9-10-31-23(26)25-16;2*1-3-5-7-8-6-4-2/h3-11,13H,2,12,14H2,1H3,(H,24,28);2*1-2H2. The first-order valence-electron chi connectivity index (χ1n) is 13.9. The van der Waals surface area contributed by atoms with E-state index in [-0.39, 0.29) is 18.9 Å². The third kappa shape index (κ3) is 10.4. The second-order valence-corrected chi connectivity index (χ2v) is 9.78. The number of anilines is 1. The number of hydrogen-bond acceptors (Lipinski definition) is 5. The van der Waals surface area contributed by atoms with Crippen LogP contribution < -0.4 is 5.32 Å². The van der Waals surface area contributed by atoms with Crippen LogP contribution in [0.1, 0.15) is 12.6 Å². The average molecular weight is 633 g/mol. The van der Waals surface area contributed by atoms with E-state index in [4.69, 9.17) is 4.74 Å². The van der Waals surface area contributed by atoms with Crippen molar-refractivity contribution in [2.45, 2.75) is 19.9 Å². The first kappa shape index (κ1) is 34.7. The molecule has 47 heavy (non-hydrogen) atoms. The second kappa shape index (κ2) is 18.8. The van der Waals surface area contributed by atoms with E-state index in [0.717, 1.165) is 33.3 Å². The zero-order valence-electron chi connectivity index (χ0n) is 25.7. The number of nitrogens with one attached hydrogen (secondary N) is 1. The molecule has 1 N–H and O–H groups in total. The van der Waals surface area contributed by atoms with E-state index >= 15 is 0 Å². The van der Waals surface area contributed by atoms with Crippen LogP contribution in [0.5, 0.6) is 0 Å². The van der Waals surface area contributed by atoms with E-state index < -0.39 is 5.97 Å². The minimum atomic E-state index is -0.484. The van der Waals surface area contributed by atoms with E-state index in [9.17, 15) is 9.59 Å². The molecule has 8 heteroatoms. The molecule has 0 saturated carbocycles. The van der Waals surface area contributed by atoms with Gasteiger partial charge in [-0.2, -0.15) is 0 Å². The topological polar surface area (TPSA) is 77.6 Å². The summed E-state index contributed by atoms with van der Waals surface area (Å²) in [5.74, 6) is -0.861. The molecule has 0 bridgehead atoms. The third-order valence-electron chi connectivity index (χ3n) is 5.93. The Kier molecular flexibility index (Phi) is 13.8. The molecule has 0 unspecified atom stereocenters. The Morgan fingerprint density at radius 3 is 2.06 bits per heavy atom. The van der Waals surface area contributed by atoms with Crippen molar-refractivity contribution in [3.8, 4) is 0 Å². The van der Waals surface area contributed by atoms with Crippen molar-refractivity contribution in [2.75, 3.05) is 11.9 Å². The van der Waals surface area contributed by atoms with Crippen molar-refractivity contribution in [1.29, 1.82) is 0 Å². The fourth-order valence-corrected chi connectivity index (χ4v) is 4.90. The summed E-state index contributed by atoms with van der Waals surface area (Å²) in [6.45, 7) is 15.7. The van der Waals surface area contributed by atoms with Crippen LogP contribution in [0.15, 0.2) is 155 Å². The molecule has 0 atom stereocenters. The highest BCUT2D eigenvalue weighted by atomic mass is 32.1. The molecule has 0 spiro atoms. The van der Waals surface area contributed by atoms with Crippen molar-refractivity contribution in [3.05, 3.63) is 161 Å². The Morgan fingerprint density at radius 2 is 1.47 bits per heavy atom. The maximum Gasteiger partial charge on any atom is 0.312 e. The van der Waals surface area contributed by atoms with Crippen LogP contribution in [-0.4, -0.2) is 32.4 Å². The van der Waals surface area contributed by atoms with E-state index in [2.05, 4.69) is 129 Å². The largest absolute Gasteiger partial charge is 0.455 e. The minimum absolute atomic E-state index is 0.0319. The molecule has 5 rings (SSSR count). The van der Waals surface area contributed by atoms with Gasteiger partial charge >= 0.3 is 5.97 Å². The highest BCUT2D eigenvalue weighted by Crippen LogP contribution is 2.31. The van der Waals surface area contributed by atoms with Gasteiger partial charge in [-0.1, -0.05) is 41.1 Å². The van der Waals surface area contributed by atoms with Gasteiger partial charge in [-0.25, -0.2) is 4.98 Å². The van der Waals surface area contributed by atoms with Gasteiger partial charge in [-0.15, -0.1) is 11.3 Å². The molecular formula is C39H28N4O3S. The van der Waals surface area contributed by atoms with Crippen LogP contribution in [0.4, 0.5) is 5.69 Å². The van der Waals surface area contributed by atoms with E-state index in [1.807, 2.05) is 46.3 Å². The number of fused-ring (bicyclic) bond motifs is 4. The number of thiazole rings is 1. The lowest BCUT2D eigenvalue weighted by Crippen LogP contribution is -2.21. The quantitative estimate of drug-likeness (QED) is 0.154. The fourth-order valence-electron chi connectivity index (χ4n) is 4.18. The molecule has 0 aliphatic carbocycles. The SMILES string of the molecule is C=C=C=C=C=C=C=C.C=C=C=C=C=C=C=C.CCn1c2ccccc2c2cc(NC(=O)COC(=O)Cc3cn4ccsc4n3)ccc21. The first-order chi connectivity index (χ1) is 22.9. The van der Waals surface area contributed by atoms with Crippen molar-refractivity contribution in [3.63, 3.8) is 0 Å². The van der Waals surface area contributed by atoms with Gasteiger partial charge in [0.25, 0.3) is 5.91 Å². The zero-order chi connectivity index (χ0) is 33.9. The number of imidazole rings is 1. The monoisotopic (exact) mass is 632 g/mol. The van der Waals surface area contributed by atoms with Crippen molar-refractivity contribution >= 4 is 55.7 Å². The Bertz CT molecular complexity index is 2250. The zero-order valence-corrected chi connectivity index (χ0v) is 26.5. The fraction of sp³-hybridized carbons (Fsp3) is 0.103. The predicted octanol–water partition coefficient (Wildman–Crippen LogP) is 7.71. The first-order valence-corrected chi connectivity index (χ1v) is 14.8. The highest BCUT2D eigenvalue weighted by molar-refractivity contribution is 7.15. The van der Waals surface area contributed by atoms with Gasteiger partial charge in [0.05, 0.1) is 12.1 Å². The predicted molar refractivity (Wildman–Crippen MR) is 186 cm³/mol. The molecule has 3 heterocycles. The number of ether oxygens (including phenoxy) is 1. The van der Waals surface area contributed by atoms with E-state index in [1.54, 1.807) is 6.20 Å². The number of aryl methyl sites for hydroxylation is 1. The Hall–Kier alpha value is -6.81. The number of rotatable bonds is 6. The van der Waals surface area contributed by atoms with Crippen LogP contribution in [0.2, 0.25) is 0 Å². The Labute approximate surface area is 276 Å². The van der Waals surface area contributed by atoms with Gasteiger partial charge in [0.1, 0.15) is 0 Å². The van der Waals surface area contributed by atoms with Gasteiger partial charge in [0.2, 0.25) is 0 Å². The van der Waals surface area contributed by atoms with Crippen molar-refractivity contribution in [2.24, 2.45) is 0 Å². The van der Waals surface area contributed by atoms with Gasteiger partial charge in [0, 0.05) is 51.8 Å². The van der Waals surface area contributed by atoms with Crippen LogP contribution in [0, 0.1) is 0 Å². The molecular weight excluding hydrogens is 605 g/mol. The molecule has 0 fully saturated rings. The summed E-state index contributed by atoms with van der Waals surface area (Å²) in [5, 5.41) is 6.96. The number of hydrogen-bond donors (Lipinski definition) is 1. The van der Waals surface area contributed by atoms with Gasteiger partial charge in [0.15, 0.2) is 11.6 Å². The summed E-state index contributed by atoms with van der Waals surface area (Å²) in [5.41, 5.74) is 32.5. The summed E-state index contributed by atoms with van der Waals surface area (Å²) in [4.78, 5) is 29.6. The molecule has 0 aliphatic heterocycles. The average Bonchev–Trinajstić information content (AvgIpc) is 3.77. The molecule has 0 aliphatic rings. The molecule has 0 radical (unpaired) electrons. The van der Waals surface area contributed by atoms with Gasteiger partial charge in [-0.05, 0) is 103 Å². The number of para-hydroxylation sites is 1. The van der Waals surface area contributed by atoms with E-state index in [0.29, 0.717) is 11.4 Å². The summed E-state index contributed by atoms with van der Waals surface area (Å²) < 4.78 is 9.23. The number of aromatic nitrogens is 3. The number of esters is 1. The molecule has 7 nitrogen and oxygen atoms in total. The van der Waals surface area contributed by atoms with Crippen molar-refractivity contribution < 1.29 is 14.3 Å². The van der Waals surface area contributed by atoms with Crippen LogP contribution >= 0.6 is 11.3 Å². The maximum absolute atomic E-state index is 12.3. The summed E-state index contributed by atoms with van der Waals surface area (Å²) >= 11 is 1.49. The Morgan fingerprint density at radius 1 is 0.851 bits per heavy atom. The van der Waals surface area contributed by atoms with Gasteiger partial charge in [-0.3, -0.25) is 14.0 Å². The lowest BCUT2D eigenvalue weighted by molar-refractivity contribution is -0.146. The molecule has 1 amide bonds. The maximum atomic E-state index is 12.3. The summed E-state index contributed by atoms with van der Waals surface area (Å²) in [7, 11) is 0. The van der Waals surface area contributed by atoms with E-state index in [1.165, 1.54) is 11.3 Å². The number of benzene rings is 2. The lowest BCUT2D eigenvalue weighted by Gasteiger charge is -2.07. The smallest absolute Gasteiger partial charge is 0.312 e. The lowest BCUT2D eigenvalue weighted by atomic mass is 10.1. The summed E-state index contributed by atoms with van der Waals surface area (Å²) in [6, 6.07) is 14.0. The van der Waals surface area contributed by atoms with Gasteiger partial charge < -0.3 is 14.6 Å². The van der Waals surface area contributed by atoms with Crippen LogP contribution in [-0.2, 0) is 27.3 Å². The number of nitrogens with zero attached hydrogens (tertiary/aromatic N) is 3. The number of carbonyl (C=O) groups excluding carboxylic acids is 2.